The number of esters is 1. The van der Waals surface area contributed by atoms with E-state index < -0.39 is 0 Å². The number of hydrogen-bond acceptors (Lipinski definition) is 4. The van der Waals surface area contributed by atoms with Crippen LogP contribution in [0.1, 0.15) is 44.0 Å². The Balaban J connectivity index is 2.12. The number of hydrogen-bond donors (Lipinski definition) is 1. The fourth-order valence-corrected chi connectivity index (χ4v) is 3.45. The average Bonchev–Trinajstić information content (AvgIpc) is 2.57. The molecular formula is C20H23NO3. The SMILES string of the molecule is COc1ccc2c(c1)C(OC(C)=O)C(C)(C)C(c1ccccc1)N2. The van der Waals surface area contributed by atoms with Crippen molar-refractivity contribution in [1.29, 1.82) is 0 Å². The van der Waals surface area contributed by atoms with Crippen LogP contribution in [0.3, 0.4) is 0 Å². The van der Waals surface area contributed by atoms with Crippen LogP contribution in [-0.2, 0) is 9.53 Å². The van der Waals surface area contributed by atoms with E-state index in [0.29, 0.717) is 0 Å². The molecule has 4 nitrogen and oxygen atoms in total. The van der Waals surface area contributed by atoms with Gasteiger partial charge in [0.15, 0.2) is 0 Å². The van der Waals surface area contributed by atoms with Crippen LogP contribution in [0.5, 0.6) is 5.75 Å². The van der Waals surface area contributed by atoms with Crippen molar-refractivity contribution in [3.05, 3.63) is 59.7 Å². The van der Waals surface area contributed by atoms with Gasteiger partial charge in [0.2, 0.25) is 0 Å². The molecule has 0 saturated heterocycles. The summed E-state index contributed by atoms with van der Waals surface area (Å²) in [5.74, 6) is 0.470. The van der Waals surface area contributed by atoms with Crippen molar-refractivity contribution in [2.24, 2.45) is 5.41 Å². The van der Waals surface area contributed by atoms with E-state index >= 15 is 0 Å². The molecular weight excluding hydrogens is 302 g/mol. The summed E-state index contributed by atoms with van der Waals surface area (Å²) in [4.78, 5) is 11.7. The second kappa shape index (κ2) is 6.19. The van der Waals surface area contributed by atoms with E-state index in [0.717, 1.165) is 17.0 Å². The molecule has 24 heavy (non-hydrogen) atoms. The molecule has 2 unspecified atom stereocenters. The molecule has 2 aromatic carbocycles. The van der Waals surface area contributed by atoms with E-state index in [1.807, 2.05) is 36.4 Å². The highest BCUT2D eigenvalue weighted by molar-refractivity contribution is 5.68. The van der Waals surface area contributed by atoms with Crippen LogP contribution in [0.4, 0.5) is 5.69 Å². The van der Waals surface area contributed by atoms with Crippen molar-refractivity contribution >= 4 is 11.7 Å². The second-order valence-electron chi connectivity index (χ2n) is 6.75. The molecule has 2 aromatic rings. The topological polar surface area (TPSA) is 47.6 Å². The quantitative estimate of drug-likeness (QED) is 0.845. The van der Waals surface area contributed by atoms with E-state index in [4.69, 9.17) is 9.47 Å². The van der Waals surface area contributed by atoms with Crippen molar-refractivity contribution < 1.29 is 14.3 Å². The molecule has 2 atom stereocenters. The summed E-state index contributed by atoms with van der Waals surface area (Å²) in [6.45, 7) is 5.69. The minimum Gasteiger partial charge on any atom is -0.497 e. The monoisotopic (exact) mass is 325 g/mol. The third-order valence-electron chi connectivity index (χ3n) is 4.68. The first kappa shape index (κ1) is 16.4. The highest BCUT2D eigenvalue weighted by Crippen LogP contribution is 2.53. The van der Waals surface area contributed by atoms with Crippen LogP contribution in [0, 0.1) is 5.41 Å². The smallest absolute Gasteiger partial charge is 0.303 e. The van der Waals surface area contributed by atoms with Gasteiger partial charge < -0.3 is 14.8 Å². The average molecular weight is 325 g/mol. The molecule has 1 aliphatic rings. The summed E-state index contributed by atoms with van der Waals surface area (Å²) in [6.07, 6.45) is -0.355. The highest BCUT2D eigenvalue weighted by Gasteiger charge is 2.46. The van der Waals surface area contributed by atoms with Gasteiger partial charge in [-0.2, -0.15) is 0 Å². The standard InChI is InChI=1S/C20H23NO3/c1-13(22)24-19-16-12-15(23-4)10-11-17(16)21-18(20(19,2)3)14-8-6-5-7-9-14/h5-12,18-19,21H,1-4H3. The Morgan fingerprint density at radius 1 is 1.12 bits per heavy atom. The van der Waals surface area contributed by atoms with Crippen LogP contribution in [-0.4, -0.2) is 13.1 Å². The summed E-state index contributed by atoms with van der Waals surface area (Å²) in [5.41, 5.74) is 2.75. The number of fused-ring (bicyclic) bond motifs is 1. The van der Waals surface area contributed by atoms with Crippen molar-refractivity contribution in [3.8, 4) is 5.75 Å². The van der Waals surface area contributed by atoms with Gasteiger partial charge in [-0.15, -0.1) is 0 Å². The van der Waals surface area contributed by atoms with Crippen LogP contribution in [0.25, 0.3) is 0 Å². The number of anilines is 1. The van der Waals surface area contributed by atoms with Gasteiger partial charge in [-0.25, -0.2) is 0 Å². The van der Waals surface area contributed by atoms with Crippen LogP contribution >= 0.6 is 0 Å². The van der Waals surface area contributed by atoms with Crippen LogP contribution in [0.15, 0.2) is 48.5 Å². The first-order valence-corrected chi connectivity index (χ1v) is 8.10. The van der Waals surface area contributed by atoms with Gasteiger partial charge in [-0.05, 0) is 23.8 Å². The Morgan fingerprint density at radius 2 is 1.83 bits per heavy atom. The normalized spacial score (nSPS) is 21.3. The lowest BCUT2D eigenvalue weighted by Gasteiger charge is -2.46. The molecule has 1 N–H and O–H groups in total. The predicted octanol–water partition coefficient (Wildman–Crippen LogP) is 4.49. The Bertz CT molecular complexity index is 740. The third-order valence-corrected chi connectivity index (χ3v) is 4.68. The number of rotatable bonds is 3. The Hall–Kier alpha value is -2.49. The number of ether oxygens (including phenoxy) is 2. The maximum Gasteiger partial charge on any atom is 0.303 e. The number of nitrogens with one attached hydrogen (secondary N) is 1. The molecule has 3 rings (SSSR count). The predicted molar refractivity (Wildman–Crippen MR) is 94.1 cm³/mol. The number of benzene rings is 2. The largest absolute Gasteiger partial charge is 0.497 e. The molecule has 0 spiro atoms. The summed E-state index contributed by atoms with van der Waals surface area (Å²) >= 11 is 0. The van der Waals surface area contributed by atoms with E-state index in [2.05, 4.69) is 31.3 Å². The minimum atomic E-state index is -0.355. The van der Waals surface area contributed by atoms with Crippen molar-refractivity contribution in [3.63, 3.8) is 0 Å². The fraction of sp³-hybridized carbons (Fsp3) is 0.350. The summed E-state index contributed by atoms with van der Waals surface area (Å²) in [6, 6.07) is 16.1. The van der Waals surface area contributed by atoms with Gasteiger partial charge in [-0.3, -0.25) is 4.79 Å². The molecule has 1 aliphatic heterocycles. The zero-order valence-corrected chi connectivity index (χ0v) is 14.5. The summed E-state index contributed by atoms with van der Waals surface area (Å²) in [5, 5.41) is 3.61. The van der Waals surface area contributed by atoms with E-state index in [9.17, 15) is 4.79 Å². The van der Waals surface area contributed by atoms with E-state index in [1.165, 1.54) is 12.5 Å². The number of methoxy groups -OCH3 is 1. The van der Waals surface area contributed by atoms with E-state index in [-0.39, 0.29) is 23.5 Å². The van der Waals surface area contributed by atoms with Crippen molar-refractivity contribution in [1.82, 2.24) is 0 Å². The van der Waals surface area contributed by atoms with Crippen LogP contribution in [0.2, 0.25) is 0 Å². The molecule has 0 aromatic heterocycles. The molecule has 0 saturated carbocycles. The Labute approximate surface area is 142 Å². The lowest BCUT2D eigenvalue weighted by atomic mass is 9.70. The molecule has 0 amide bonds. The lowest BCUT2D eigenvalue weighted by molar-refractivity contribution is -0.154. The van der Waals surface area contributed by atoms with Gasteiger partial charge in [-0.1, -0.05) is 44.2 Å². The summed E-state index contributed by atoms with van der Waals surface area (Å²) < 4.78 is 11.1. The highest BCUT2D eigenvalue weighted by atomic mass is 16.5. The molecule has 0 radical (unpaired) electrons. The first-order chi connectivity index (χ1) is 11.4. The molecule has 0 bridgehead atoms. The Morgan fingerprint density at radius 3 is 2.46 bits per heavy atom. The van der Waals surface area contributed by atoms with Gasteiger partial charge >= 0.3 is 5.97 Å². The van der Waals surface area contributed by atoms with Gasteiger partial charge in [0.05, 0.1) is 13.2 Å². The minimum absolute atomic E-state index is 0.0314. The molecule has 1 heterocycles. The molecule has 126 valence electrons. The maximum atomic E-state index is 11.7. The van der Waals surface area contributed by atoms with Gasteiger partial charge in [0.25, 0.3) is 0 Å². The second-order valence-corrected chi connectivity index (χ2v) is 6.75. The molecule has 4 heteroatoms. The van der Waals surface area contributed by atoms with Gasteiger partial charge in [0.1, 0.15) is 11.9 Å². The lowest BCUT2D eigenvalue weighted by Crippen LogP contribution is -2.40. The number of carbonyl (C=O) groups excluding carboxylic acids is 1. The van der Waals surface area contributed by atoms with Gasteiger partial charge in [0, 0.05) is 23.6 Å². The van der Waals surface area contributed by atoms with Crippen LogP contribution < -0.4 is 10.1 Å². The zero-order chi connectivity index (χ0) is 17.3. The molecule has 0 fully saturated rings. The fourth-order valence-electron chi connectivity index (χ4n) is 3.45. The number of carbonyl (C=O) groups is 1. The zero-order valence-electron chi connectivity index (χ0n) is 14.5. The van der Waals surface area contributed by atoms with Crippen molar-refractivity contribution in [2.45, 2.75) is 32.9 Å². The third kappa shape index (κ3) is 2.84. The first-order valence-electron chi connectivity index (χ1n) is 8.10. The maximum absolute atomic E-state index is 11.7. The summed E-state index contributed by atoms with van der Waals surface area (Å²) in [7, 11) is 1.64. The Kier molecular flexibility index (Phi) is 4.22. The van der Waals surface area contributed by atoms with Crippen molar-refractivity contribution in [2.75, 3.05) is 12.4 Å². The van der Waals surface area contributed by atoms with E-state index in [1.54, 1.807) is 7.11 Å². The molecule has 0 aliphatic carbocycles.